The van der Waals surface area contributed by atoms with Gasteiger partial charge in [-0.2, -0.15) is 0 Å². The molecule has 156 valence electrons. The first-order chi connectivity index (χ1) is 15.0. The number of benzene rings is 3. The Bertz CT molecular complexity index is 1250. The molecule has 1 aliphatic rings. The summed E-state index contributed by atoms with van der Waals surface area (Å²) < 4.78 is 10.3. The van der Waals surface area contributed by atoms with Crippen LogP contribution in [0.3, 0.4) is 0 Å². The van der Waals surface area contributed by atoms with Gasteiger partial charge in [0.05, 0.1) is 26.2 Å². The van der Waals surface area contributed by atoms with Crippen LogP contribution < -0.4 is 4.74 Å². The minimum absolute atomic E-state index is 0.107. The van der Waals surface area contributed by atoms with Crippen molar-refractivity contribution in [3.05, 3.63) is 82.9 Å². The topological polar surface area (TPSA) is 89.9 Å². The molecule has 0 fully saturated rings. The van der Waals surface area contributed by atoms with Gasteiger partial charge in [0.2, 0.25) is 11.6 Å². The molecule has 0 heterocycles. The zero-order valence-corrected chi connectivity index (χ0v) is 17.0. The van der Waals surface area contributed by atoms with E-state index in [1.807, 2.05) is 24.3 Å². The number of allylic oxidation sites excluding steroid dienone is 1. The van der Waals surface area contributed by atoms with Gasteiger partial charge in [0, 0.05) is 22.4 Å². The van der Waals surface area contributed by atoms with Crippen LogP contribution in [0.2, 0.25) is 0 Å². The van der Waals surface area contributed by atoms with Gasteiger partial charge >= 0.3 is 5.97 Å². The average Bonchev–Trinajstić information content (AvgIpc) is 2.81. The maximum Gasteiger partial charge on any atom is 0.306 e. The molecule has 1 N–H and O–H groups in total. The number of ether oxygens (including phenoxy) is 2. The van der Waals surface area contributed by atoms with E-state index < -0.39 is 23.5 Å². The van der Waals surface area contributed by atoms with Gasteiger partial charge in [0.25, 0.3) is 0 Å². The van der Waals surface area contributed by atoms with Gasteiger partial charge in [0.15, 0.2) is 0 Å². The van der Waals surface area contributed by atoms with Crippen molar-refractivity contribution in [1.82, 2.24) is 0 Å². The van der Waals surface area contributed by atoms with Crippen LogP contribution in [0.4, 0.5) is 0 Å². The fourth-order valence-electron chi connectivity index (χ4n) is 4.10. The number of ketones is 2. The molecule has 3 aromatic carbocycles. The fourth-order valence-corrected chi connectivity index (χ4v) is 4.10. The summed E-state index contributed by atoms with van der Waals surface area (Å²) in [5, 5.41) is 12.6. The summed E-state index contributed by atoms with van der Waals surface area (Å²) in [5.41, 5.74) is 0.924. The minimum atomic E-state index is -0.881. The van der Waals surface area contributed by atoms with E-state index in [9.17, 15) is 19.5 Å². The molecule has 1 atom stereocenters. The molecule has 0 saturated heterocycles. The van der Waals surface area contributed by atoms with E-state index in [0.717, 1.165) is 10.8 Å². The Labute approximate surface area is 178 Å². The molecule has 6 heteroatoms. The van der Waals surface area contributed by atoms with Crippen molar-refractivity contribution in [2.75, 3.05) is 14.2 Å². The molecule has 0 aliphatic heterocycles. The van der Waals surface area contributed by atoms with Gasteiger partial charge in [-0.3, -0.25) is 14.4 Å². The first-order valence-corrected chi connectivity index (χ1v) is 9.72. The number of fused-ring (bicyclic) bond motifs is 2. The number of methoxy groups -OCH3 is 2. The largest absolute Gasteiger partial charge is 0.507 e. The van der Waals surface area contributed by atoms with E-state index in [-0.39, 0.29) is 28.9 Å². The highest BCUT2D eigenvalue weighted by molar-refractivity contribution is 6.52. The molecular weight excluding hydrogens is 396 g/mol. The molecule has 0 spiro atoms. The smallest absolute Gasteiger partial charge is 0.306 e. The number of hydrogen-bond acceptors (Lipinski definition) is 6. The van der Waals surface area contributed by atoms with Gasteiger partial charge < -0.3 is 14.6 Å². The van der Waals surface area contributed by atoms with Crippen molar-refractivity contribution >= 4 is 34.1 Å². The van der Waals surface area contributed by atoms with Crippen molar-refractivity contribution in [2.24, 2.45) is 0 Å². The number of rotatable bonds is 5. The Balaban J connectivity index is 2.00. The summed E-state index contributed by atoms with van der Waals surface area (Å²) in [7, 11) is 2.81. The van der Waals surface area contributed by atoms with Crippen LogP contribution >= 0.6 is 0 Å². The third kappa shape index (κ3) is 3.36. The molecule has 1 aliphatic carbocycles. The fraction of sp³-hybridized carbons (Fsp3) is 0.160. The molecule has 3 aromatic rings. The second-order valence-electron chi connectivity index (χ2n) is 7.20. The lowest BCUT2D eigenvalue weighted by Crippen LogP contribution is -2.28. The summed E-state index contributed by atoms with van der Waals surface area (Å²) in [6.07, 6.45) is -0.215. The number of esters is 1. The number of hydrogen-bond donors (Lipinski definition) is 1. The van der Waals surface area contributed by atoms with Crippen LogP contribution in [-0.4, -0.2) is 36.9 Å². The lowest BCUT2D eigenvalue weighted by molar-refractivity contribution is -0.140. The van der Waals surface area contributed by atoms with Crippen LogP contribution in [0.5, 0.6) is 5.75 Å². The summed E-state index contributed by atoms with van der Waals surface area (Å²) in [6, 6.07) is 17.3. The molecule has 0 aromatic heterocycles. The van der Waals surface area contributed by atoms with E-state index in [4.69, 9.17) is 9.47 Å². The maximum atomic E-state index is 13.1. The third-order valence-electron chi connectivity index (χ3n) is 5.59. The lowest BCUT2D eigenvalue weighted by Gasteiger charge is -2.25. The highest BCUT2D eigenvalue weighted by atomic mass is 16.5. The Morgan fingerprint density at radius 3 is 2.19 bits per heavy atom. The number of aliphatic hydroxyl groups excluding tert-OH is 1. The number of aliphatic hydroxyl groups is 1. The van der Waals surface area contributed by atoms with Gasteiger partial charge in [-0.05, 0) is 17.0 Å². The third-order valence-corrected chi connectivity index (χ3v) is 5.59. The van der Waals surface area contributed by atoms with Gasteiger partial charge in [0.1, 0.15) is 11.5 Å². The first kappa shape index (κ1) is 20.3. The van der Waals surface area contributed by atoms with Gasteiger partial charge in [-0.25, -0.2) is 0 Å². The highest BCUT2D eigenvalue weighted by Gasteiger charge is 2.39. The van der Waals surface area contributed by atoms with Gasteiger partial charge in [-0.1, -0.05) is 54.6 Å². The van der Waals surface area contributed by atoms with E-state index >= 15 is 0 Å². The number of carbonyl (C=O) groups excluding carboxylic acids is 3. The predicted molar refractivity (Wildman–Crippen MR) is 115 cm³/mol. The summed E-state index contributed by atoms with van der Waals surface area (Å²) in [6.45, 7) is 0. The maximum absolute atomic E-state index is 13.1. The van der Waals surface area contributed by atoms with E-state index in [1.165, 1.54) is 13.2 Å². The SMILES string of the molecule is COC(=O)C[C@H](C1=C(O)c2ccccc2C(=O)C1=O)c1ccc(OC)c2ccccc12. The van der Waals surface area contributed by atoms with Gasteiger partial charge in [-0.15, -0.1) is 0 Å². The summed E-state index contributed by atoms with van der Waals surface area (Å²) in [5.74, 6) is -2.65. The van der Waals surface area contributed by atoms with E-state index in [0.29, 0.717) is 11.3 Å². The molecule has 0 radical (unpaired) electrons. The number of Topliss-reactive ketones (excluding diaryl/α,β-unsaturated/α-hetero) is 2. The minimum Gasteiger partial charge on any atom is -0.507 e. The van der Waals surface area contributed by atoms with Crippen LogP contribution in [0, 0.1) is 0 Å². The van der Waals surface area contributed by atoms with Crippen molar-refractivity contribution in [3.63, 3.8) is 0 Å². The standard InChI is InChI=1S/C25H20O6/c1-30-20-12-11-15(14-7-3-4-8-16(14)20)19(13-21(26)31-2)22-23(27)17-9-5-6-10-18(17)24(28)25(22)29/h3-12,19,27H,13H2,1-2H3/t19-/m0/s1. The molecule has 31 heavy (non-hydrogen) atoms. The molecule has 6 nitrogen and oxygen atoms in total. The van der Waals surface area contributed by atoms with E-state index in [1.54, 1.807) is 37.4 Å². The highest BCUT2D eigenvalue weighted by Crippen LogP contribution is 2.42. The van der Waals surface area contributed by atoms with Crippen LogP contribution in [0.1, 0.15) is 33.8 Å². The van der Waals surface area contributed by atoms with Crippen molar-refractivity contribution in [2.45, 2.75) is 12.3 Å². The van der Waals surface area contributed by atoms with Crippen LogP contribution in [0.25, 0.3) is 16.5 Å². The average molecular weight is 416 g/mol. The lowest BCUT2D eigenvalue weighted by atomic mass is 9.77. The van der Waals surface area contributed by atoms with Crippen LogP contribution in [0.15, 0.2) is 66.2 Å². The Hall–Kier alpha value is -3.93. The monoisotopic (exact) mass is 416 g/mol. The molecule has 0 amide bonds. The molecule has 0 saturated carbocycles. The zero-order valence-electron chi connectivity index (χ0n) is 17.0. The molecule has 4 rings (SSSR count). The summed E-state index contributed by atoms with van der Waals surface area (Å²) >= 11 is 0. The second-order valence-corrected chi connectivity index (χ2v) is 7.20. The van der Waals surface area contributed by atoms with Crippen molar-refractivity contribution in [3.8, 4) is 5.75 Å². The van der Waals surface area contributed by atoms with Crippen LogP contribution in [-0.2, 0) is 14.3 Å². The molecule has 0 bridgehead atoms. The molecule has 0 unspecified atom stereocenters. The zero-order chi connectivity index (χ0) is 22.1. The van der Waals surface area contributed by atoms with E-state index in [2.05, 4.69) is 0 Å². The van der Waals surface area contributed by atoms with Crippen molar-refractivity contribution in [1.29, 1.82) is 0 Å². The Morgan fingerprint density at radius 2 is 1.52 bits per heavy atom. The first-order valence-electron chi connectivity index (χ1n) is 9.72. The predicted octanol–water partition coefficient (Wildman–Crippen LogP) is 4.23. The quantitative estimate of drug-likeness (QED) is 0.495. The number of carbonyl (C=O) groups is 3. The normalized spacial score (nSPS) is 14.4. The second kappa shape index (κ2) is 8.07. The summed E-state index contributed by atoms with van der Waals surface area (Å²) in [4.78, 5) is 38.2. The Morgan fingerprint density at radius 1 is 0.871 bits per heavy atom. The Kier molecular flexibility index (Phi) is 5.29. The molecular formula is C25H20O6. The van der Waals surface area contributed by atoms with Crippen molar-refractivity contribution < 1.29 is 29.0 Å².